The van der Waals surface area contributed by atoms with Crippen molar-refractivity contribution in [3.63, 3.8) is 0 Å². The second-order valence-corrected chi connectivity index (χ2v) is 8.40. The number of nitrogens with two attached hydrogens (primary N) is 1. The topological polar surface area (TPSA) is 126 Å². The van der Waals surface area contributed by atoms with E-state index in [4.69, 9.17) is 5.73 Å². The number of pyridine rings is 1. The van der Waals surface area contributed by atoms with Crippen LogP contribution in [0.3, 0.4) is 0 Å². The van der Waals surface area contributed by atoms with Crippen LogP contribution in [0.2, 0.25) is 0 Å². The van der Waals surface area contributed by atoms with E-state index in [1.807, 2.05) is 13.8 Å². The fraction of sp³-hybridized carbons (Fsp3) is 0.562. The van der Waals surface area contributed by atoms with Crippen molar-refractivity contribution in [2.75, 3.05) is 32.7 Å². The van der Waals surface area contributed by atoms with Crippen LogP contribution < -0.4 is 11.1 Å². The Morgan fingerprint density at radius 3 is 2.46 bits per heavy atom. The maximum Gasteiger partial charge on any atom is 0.244 e. The van der Waals surface area contributed by atoms with E-state index in [0.717, 1.165) is 0 Å². The molecule has 9 nitrogen and oxygen atoms in total. The van der Waals surface area contributed by atoms with Crippen molar-refractivity contribution in [3.05, 3.63) is 24.5 Å². The number of carbonyl (C=O) groups excluding carboxylic acids is 2. The number of rotatable bonds is 6. The Morgan fingerprint density at radius 1 is 1.27 bits per heavy atom. The molecule has 0 saturated carbocycles. The highest BCUT2D eigenvalue weighted by Gasteiger charge is 2.30. The minimum absolute atomic E-state index is 0.0219. The van der Waals surface area contributed by atoms with Gasteiger partial charge in [0, 0.05) is 38.6 Å². The highest BCUT2D eigenvalue weighted by Crippen LogP contribution is 2.16. The van der Waals surface area contributed by atoms with Gasteiger partial charge >= 0.3 is 0 Å². The summed E-state index contributed by atoms with van der Waals surface area (Å²) in [5.41, 5.74) is 5.73. The molecule has 1 fully saturated rings. The first-order valence-corrected chi connectivity index (χ1v) is 9.88. The van der Waals surface area contributed by atoms with E-state index in [-0.39, 0.29) is 55.4 Å². The molecule has 0 radical (unpaired) electrons. The number of nitrogens with zero attached hydrogens (tertiary/aromatic N) is 3. The van der Waals surface area contributed by atoms with Crippen LogP contribution in [0.5, 0.6) is 0 Å². The molecule has 1 atom stereocenters. The summed E-state index contributed by atoms with van der Waals surface area (Å²) in [6.45, 7) is 4.44. The van der Waals surface area contributed by atoms with Crippen LogP contribution in [-0.2, 0) is 19.6 Å². The Labute approximate surface area is 153 Å². The lowest BCUT2D eigenvalue weighted by molar-refractivity contribution is -0.134. The van der Waals surface area contributed by atoms with Gasteiger partial charge in [-0.25, -0.2) is 8.42 Å². The fourth-order valence-corrected chi connectivity index (χ4v) is 3.91. The minimum atomic E-state index is -3.61. The summed E-state index contributed by atoms with van der Waals surface area (Å²) in [4.78, 5) is 29.5. The number of aromatic nitrogens is 1. The Kier molecular flexibility index (Phi) is 6.68. The molecule has 2 rings (SSSR count). The first kappa shape index (κ1) is 20.3. The van der Waals surface area contributed by atoms with Gasteiger partial charge in [-0.05, 0) is 18.1 Å². The van der Waals surface area contributed by atoms with Gasteiger partial charge in [-0.3, -0.25) is 14.6 Å². The Balaban J connectivity index is 1.86. The van der Waals surface area contributed by atoms with Crippen LogP contribution in [0, 0.1) is 5.92 Å². The molecule has 0 bridgehead atoms. The molecule has 144 valence electrons. The lowest BCUT2D eigenvalue weighted by Crippen LogP contribution is -2.53. The van der Waals surface area contributed by atoms with Crippen LogP contribution in [-0.4, -0.2) is 73.2 Å². The van der Waals surface area contributed by atoms with Gasteiger partial charge in [0.25, 0.3) is 0 Å². The molecule has 10 heteroatoms. The maximum atomic E-state index is 12.5. The van der Waals surface area contributed by atoms with Crippen molar-refractivity contribution in [2.45, 2.75) is 24.8 Å². The standard InChI is InChI=1S/C16H25N5O4S/c1-12(2)15(17)16(23)19-11-14(22)20-6-8-21(9-7-20)26(24,25)13-4-3-5-18-10-13/h3-5,10,12,15H,6-9,11,17H2,1-2H3,(H,19,23)/t15-/m0/s1. The first-order valence-electron chi connectivity index (χ1n) is 8.44. The molecular formula is C16H25N5O4S. The maximum absolute atomic E-state index is 12.5. The zero-order chi connectivity index (χ0) is 19.3. The average Bonchev–Trinajstić information content (AvgIpc) is 2.65. The highest BCUT2D eigenvalue weighted by molar-refractivity contribution is 7.89. The second-order valence-electron chi connectivity index (χ2n) is 6.46. The predicted octanol–water partition coefficient (Wildman–Crippen LogP) is -0.986. The number of nitrogens with one attached hydrogen (secondary N) is 1. The van der Waals surface area contributed by atoms with Crippen molar-refractivity contribution >= 4 is 21.8 Å². The van der Waals surface area contributed by atoms with Crippen LogP contribution >= 0.6 is 0 Å². The molecule has 2 amide bonds. The molecule has 0 aliphatic carbocycles. The van der Waals surface area contributed by atoms with Gasteiger partial charge < -0.3 is 16.0 Å². The van der Waals surface area contributed by atoms with Crippen molar-refractivity contribution in [1.29, 1.82) is 0 Å². The van der Waals surface area contributed by atoms with Crippen molar-refractivity contribution in [3.8, 4) is 0 Å². The van der Waals surface area contributed by atoms with Crippen LogP contribution in [0.15, 0.2) is 29.4 Å². The molecule has 0 unspecified atom stereocenters. The number of sulfonamides is 1. The van der Waals surface area contributed by atoms with E-state index >= 15 is 0 Å². The summed E-state index contributed by atoms with van der Waals surface area (Å²) in [5.74, 6) is -0.648. The third kappa shape index (κ3) is 4.77. The number of carbonyl (C=O) groups is 2. The monoisotopic (exact) mass is 383 g/mol. The largest absolute Gasteiger partial charge is 0.346 e. The number of piperazine rings is 1. The van der Waals surface area contributed by atoms with Gasteiger partial charge in [0.05, 0.1) is 12.6 Å². The van der Waals surface area contributed by atoms with Gasteiger partial charge in [0.2, 0.25) is 21.8 Å². The molecule has 1 aliphatic rings. The smallest absolute Gasteiger partial charge is 0.244 e. The van der Waals surface area contributed by atoms with E-state index in [1.54, 1.807) is 6.07 Å². The van der Waals surface area contributed by atoms with Gasteiger partial charge in [-0.15, -0.1) is 0 Å². The zero-order valence-electron chi connectivity index (χ0n) is 15.0. The van der Waals surface area contributed by atoms with Crippen LogP contribution in [0.4, 0.5) is 0 Å². The fourth-order valence-electron chi connectivity index (χ4n) is 2.52. The SMILES string of the molecule is CC(C)[C@H](N)C(=O)NCC(=O)N1CCN(S(=O)(=O)c2cccnc2)CC1. The zero-order valence-corrected chi connectivity index (χ0v) is 15.8. The lowest BCUT2D eigenvalue weighted by atomic mass is 10.1. The van der Waals surface area contributed by atoms with Crippen molar-refractivity contribution in [2.24, 2.45) is 11.7 Å². The summed E-state index contributed by atoms with van der Waals surface area (Å²) in [7, 11) is -3.61. The average molecular weight is 383 g/mol. The molecule has 0 aromatic carbocycles. The minimum Gasteiger partial charge on any atom is -0.346 e. The molecule has 1 aromatic rings. The molecule has 3 N–H and O–H groups in total. The van der Waals surface area contributed by atoms with E-state index in [1.165, 1.54) is 27.7 Å². The molecule has 1 aromatic heterocycles. The Hall–Kier alpha value is -2.04. The van der Waals surface area contributed by atoms with Gasteiger partial charge in [0.1, 0.15) is 4.90 Å². The van der Waals surface area contributed by atoms with Gasteiger partial charge in [-0.1, -0.05) is 13.8 Å². The highest BCUT2D eigenvalue weighted by atomic mass is 32.2. The number of hydrogen-bond acceptors (Lipinski definition) is 6. The summed E-state index contributed by atoms with van der Waals surface area (Å²) in [6, 6.07) is 2.40. The van der Waals surface area contributed by atoms with E-state index in [9.17, 15) is 18.0 Å². The lowest BCUT2D eigenvalue weighted by Gasteiger charge is -2.34. The van der Waals surface area contributed by atoms with E-state index in [2.05, 4.69) is 10.3 Å². The normalized spacial score (nSPS) is 17.2. The third-order valence-corrected chi connectivity index (χ3v) is 6.18. The predicted molar refractivity (Wildman–Crippen MR) is 95.4 cm³/mol. The number of amides is 2. The second kappa shape index (κ2) is 8.56. The summed E-state index contributed by atoms with van der Waals surface area (Å²) < 4.78 is 26.4. The third-order valence-electron chi connectivity index (χ3n) is 4.30. The summed E-state index contributed by atoms with van der Waals surface area (Å²) in [5, 5.41) is 2.53. The molecule has 1 saturated heterocycles. The van der Waals surface area contributed by atoms with Crippen molar-refractivity contribution in [1.82, 2.24) is 19.5 Å². The Morgan fingerprint density at radius 2 is 1.92 bits per heavy atom. The Bertz CT molecular complexity index is 730. The molecule has 2 heterocycles. The first-order chi connectivity index (χ1) is 12.2. The molecule has 26 heavy (non-hydrogen) atoms. The van der Waals surface area contributed by atoms with E-state index < -0.39 is 16.1 Å². The number of hydrogen-bond donors (Lipinski definition) is 2. The molecule has 0 spiro atoms. The summed E-state index contributed by atoms with van der Waals surface area (Å²) in [6.07, 6.45) is 2.81. The quantitative estimate of drug-likeness (QED) is 0.650. The van der Waals surface area contributed by atoms with E-state index in [0.29, 0.717) is 0 Å². The van der Waals surface area contributed by atoms with Gasteiger partial charge in [-0.2, -0.15) is 4.31 Å². The molecule has 1 aliphatic heterocycles. The summed E-state index contributed by atoms with van der Waals surface area (Å²) >= 11 is 0. The van der Waals surface area contributed by atoms with Crippen LogP contribution in [0.25, 0.3) is 0 Å². The molecular weight excluding hydrogens is 358 g/mol. The van der Waals surface area contributed by atoms with Crippen LogP contribution in [0.1, 0.15) is 13.8 Å². The van der Waals surface area contributed by atoms with Gasteiger partial charge in [0.15, 0.2) is 0 Å². The van der Waals surface area contributed by atoms with Crippen molar-refractivity contribution < 1.29 is 18.0 Å².